The molecule has 2 heteroatoms. The van der Waals surface area contributed by atoms with Crippen LogP contribution < -0.4 is 0 Å². The van der Waals surface area contributed by atoms with Gasteiger partial charge in [-0.25, -0.2) is 0 Å². The Balaban J connectivity index is 2.19. The van der Waals surface area contributed by atoms with Gasteiger partial charge in [0.25, 0.3) is 0 Å². The molecule has 0 bridgehead atoms. The molecule has 0 spiro atoms. The minimum atomic E-state index is 0.171. The largest absolute Gasteiger partial charge is 0.396 e. The first kappa shape index (κ1) is 12.4. The molecule has 16 heavy (non-hydrogen) atoms. The number of aliphatic hydroxyl groups is 1. The van der Waals surface area contributed by atoms with Gasteiger partial charge in [0, 0.05) is 6.61 Å². The second kappa shape index (κ2) is 7.61. The summed E-state index contributed by atoms with van der Waals surface area (Å²) in [5, 5.41) is 8.62. The Morgan fingerprint density at radius 3 is 2.81 bits per heavy atom. The predicted octanol–water partition coefficient (Wildman–Crippen LogP) is 1.11. The summed E-state index contributed by atoms with van der Waals surface area (Å²) in [7, 11) is 0. The van der Waals surface area contributed by atoms with Crippen LogP contribution in [0.1, 0.15) is 19.8 Å². The van der Waals surface area contributed by atoms with Gasteiger partial charge in [0.15, 0.2) is 0 Å². The molecule has 0 aromatic carbocycles. The first-order valence-electron chi connectivity index (χ1n) is 5.23. The van der Waals surface area contributed by atoms with Crippen molar-refractivity contribution >= 4 is 0 Å². The summed E-state index contributed by atoms with van der Waals surface area (Å²) in [5.41, 5.74) is 0. The molecule has 1 aliphatic heterocycles. The Bertz CT molecular complexity index is 415. The molecule has 2 atom stereocenters. The molecule has 82 valence electrons. The lowest BCUT2D eigenvalue weighted by atomic mass is 10.2. The SMILES string of the molecule is CC#CC#CC#CC=C[C@H]1O[C@@H]1CCCO. The van der Waals surface area contributed by atoms with Gasteiger partial charge in [-0.1, -0.05) is 11.8 Å². The highest BCUT2D eigenvalue weighted by atomic mass is 16.6. The highest BCUT2D eigenvalue weighted by Crippen LogP contribution is 2.27. The molecule has 0 saturated carbocycles. The van der Waals surface area contributed by atoms with Gasteiger partial charge in [-0.2, -0.15) is 0 Å². The number of allylic oxidation sites excluding steroid dienone is 1. The summed E-state index contributed by atoms with van der Waals surface area (Å²) >= 11 is 0. The van der Waals surface area contributed by atoms with Crippen LogP contribution in [-0.4, -0.2) is 23.9 Å². The predicted molar refractivity (Wildman–Crippen MR) is 63.1 cm³/mol. The summed E-state index contributed by atoms with van der Waals surface area (Å²) in [6.07, 6.45) is 5.80. The standard InChI is InChI=1S/C14H14O2/c1-2-3-4-5-6-7-8-10-13-14(16-13)11-9-12-15/h8,10,13-15H,9,11-12H2,1H3/t13-,14-/m1/s1. The Hall–Kier alpha value is -1.66. The number of hydrogen-bond donors (Lipinski definition) is 1. The number of aliphatic hydroxyl groups excluding tert-OH is 1. The Morgan fingerprint density at radius 2 is 2.06 bits per heavy atom. The Labute approximate surface area is 96.7 Å². The summed E-state index contributed by atoms with van der Waals surface area (Å²) in [5.74, 6) is 15.9. The monoisotopic (exact) mass is 214 g/mol. The zero-order chi connectivity index (χ0) is 11.6. The summed E-state index contributed by atoms with van der Waals surface area (Å²) < 4.78 is 5.34. The molecule has 1 N–H and O–H groups in total. The van der Waals surface area contributed by atoms with E-state index >= 15 is 0 Å². The maximum absolute atomic E-state index is 8.62. The van der Waals surface area contributed by atoms with Gasteiger partial charge in [-0.3, -0.25) is 0 Å². The van der Waals surface area contributed by atoms with Crippen LogP contribution in [0.5, 0.6) is 0 Å². The van der Waals surface area contributed by atoms with Crippen molar-refractivity contribution in [2.24, 2.45) is 0 Å². The molecular weight excluding hydrogens is 200 g/mol. The van der Waals surface area contributed by atoms with Gasteiger partial charge in [0.1, 0.15) is 6.10 Å². The first-order chi connectivity index (χ1) is 7.88. The summed E-state index contributed by atoms with van der Waals surface area (Å²) in [6.45, 7) is 1.96. The van der Waals surface area contributed by atoms with Crippen molar-refractivity contribution in [2.75, 3.05) is 6.61 Å². The number of hydrogen-bond acceptors (Lipinski definition) is 2. The van der Waals surface area contributed by atoms with E-state index in [4.69, 9.17) is 9.84 Å². The van der Waals surface area contributed by atoms with Crippen LogP contribution in [0.2, 0.25) is 0 Å². The molecule has 2 nitrogen and oxygen atoms in total. The van der Waals surface area contributed by atoms with Crippen molar-refractivity contribution in [3.8, 4) is 35.5 Å². The molecule has 1 aliphatic rings. The highest BCUT2D eigenvalue weighted by molar-refractivity contribution is 5.37. The Kier molecular flexibility index (Phi) is 5.90. The van der Waals surface area contributed by atoms with E-state index in [9.17, 15) is 0 Å². The molecule has 0 aromatic rings. The zero-order valence-electron chi connectivity index (χ0n) is 9.29. The minimum Gasteiger partial charge on any atom is -0.396 e. The molecule has 0 aliphatic carbocycles. The van der Waals surface area contributed by atoms with Gasteiger partial charge in [-0.15, -0.1) is 0 Å². The molecule has 1 fully saturated rings. The third-order valence-corrected chi connectivity index (χ3v) is 2.02. The quantitative estimate of drug-likeness (QED) is 0.561. The van der Waals surface area contributed by atoms with Crippen LogP contribution >= 0.6 is 0 Å². The van der Waals surface area contributed by atoms with Gasteiger partial charge >= 0.3 is 0 Å². The van der Waals surface area contributed by atoms with Crippen LogP contribution in [0.3, 0.4) is 0 Å². The van der Waals surface area contributed by atoms with Gasteiger partial charge < -0.3 is 9.84 Å². The minimum absolute atomic E-state index is 0.171. The normalized spacial score (nSPS) is 21.1. The second-order valence-corrected chi connectivity index (χ2v) is 3.26. The molecule has 1 heterocycles. The van der Waals surface area contributed by atoms with Crippen LogP contribution in [0.25, 0.3) is 0 Å². The van der Waals surface area contributed by atoms with E-state index in [1.807, 2.05) is 6.08 Å². The van der Waals surface area contributed by atoms with Crippen LogP contribution in [0.4, 0.5) is 0 Å². The molecular formula is C14H14O2. The Morgan fingerprint density at radius 1 is 1.25 bits per heavy atom. The van der Waals surface area contributed by atoms with E-state index in [2.05, 4.69) is 35.5 Å². The summed E-state index contributed by atoms with van der Waals surface area (Å²) in [4.78, 5) is 0. The van der Waals surface area contributed by atoms with Crippen LogP contribution in [0.15, 0.2) is 12.2 Å². The van der Waals surface area contributed by atoms with Crippen LogP contribution in [-0.2, 0) is 4.74 Å². The van der Waals surface area contributed by atoms with Crippen molar-refractivity contribution in [2.45, 2.75) is 32.0 Å². The van der Waals surface area contributed by atoms with E-state index in [1.54, 1.807) is 13.0 Å². The van der Waals surface area contributed by atoms with E-state index in [0.717, 1.165) is 12.8 Å². The third kappa shape index (κ3) is 5.28. The third-order valence-electron chi connectivity index (χ3n) is 2.02. The molecule has 0 unspecified atom stereocenters. The lowest BCUT2D eigenvalue weighted by Crippen LogP contribution is -1.92. The maximum atomic E-state index is 8.62. The van der Waals surface area contributed by atoms with E-state index in [1.165, 1.54) is 0 Å². The zero-order valence-corrected chi connectivity index (χ0v) is 9.29. The lowest BCUT2D eigenvalue weighted by Gasteiger charge is -1.87. The highest BCUT2D eigenvalue weighted by Gasteiger charge is 2.35. The topological polar surface area (TPSA) is 32.8 Å². The average molecular weight is 214 g/mol. The first-order valence-corrected chi connectivity index (χ1v) is 5.23. The van der Waals surface area contributed by atoms with E-state index in [-0.39, 0.29) is 18.8 Å². The van der Waals surface area contributed by atoms with Crippen molar-refractivity contribution in [3.05, 3.63) is 12.2 Å². The number of ether oxygens (including phenoxy) is 1. The van der Waals surface area contributed by atoms with E-state index < -0.39 is 0 Å². The fourth-order valence-electron chi connectivity index (χ4n) is 1.20. The van der Waals surface area contributed by atoms with Gasteiger partial charge in [0.2, 0.25) is 0 Å². The van der Waals surface area contributed by atoms with Crippen LogP contribution in [0, 0.1) is 35.5 Å². The van der Waals surface area contributed by atoms with Gasteiger partial charge in [0.05, 0.1) is 6.10 Å². The van der Waals surface area contributed by atoms with E-state index in [0.29, 0.717) is 0 Å². The number of epoxide rings is 1. The lowest BCUT2D eigenvalue weighted by molar-refractivity contribution is 0.273. The molecule has 0 amide bonds. The molecule has 0 radical (unpaired) electrons. The van der Waals surface area contributed by atoms with Gasteiger partial charge in [-0.05, 0) is 55.6 Å². The van der Waals surface area contributed by atoms with Crippen molar-refractivity contribution in [1.82, 2.24) is 0 Å². The molecule has 0 aromatic heterocycles. The second-order valence-electron chi connectivity index (χ2n) is 3.26. The maximum Gasteiger partial charge on any atom is 0.103 e. The summed E-state index contributed by atoms with van der Waals surface area (Å²) in [6, 6.07) is 0. The fourth-order valence-corrected chi connectivity index (χ4v) is 1.20. The van der Waals surface area contributed by atoms with Crippen molar-refractivity contribution in [1.29, 1.82) is 0 Å². The van der Waals surface area contributed by atoms with Crippen molar-refractivity contribution in [3.63, 3.8) is 0 Å². The van der Waals surface area contributed by atoms with Crippen molar-refractivity contribution < 1.29 is 9.84 Å². The smallest absolute Gasteiger partial charge is 0.103 e. The fraction of sp³-hybridized carbons (Fsp3) is 0.429. The molecule has 1 saturated heterocycles. The average Bonchev–Trinajstić information content (AvgIpc) is 3.04. The molecule has 1 rings (SSSR count). The number of rotatable bonds is 4.